The van der Waals surface area contributed by atoms with E-state index in [1.807, 2.05) is 0 Å². The first-order valence-electron chi connectivity index (χ1n) is 19.9. The third-order valence-corrected chi connectivity index (χ3v) is 17.3. The van der Waals surface area contributed by atoms with Gasteiger partial charge in [-0.05, 0) is 101 Å². The zero-order chi connectivity index (χ0) is 33.7. The van der Waals surface area contributed by atoms with E-state index < -0.39 is 8.07 Å². The lowest BCUT2D eigenvalue weighted by atomic mass is 9.80. The number of allylic oxidation sites excluding steroid dienone is 7. The Kier molecular flexibility index (Phi) is 7.58. The van der Waals surface area contributed by atoms with Crippen LogP contribution in [0.1, 0.15) is 106 Å². The zero-order valence-electron chi connectivity index (χ0n) is 30.5. The van der Waals surface area contributed by atoms with Gasteiger partial charge >= 0.3 is 0 Å². The van der Waals surface area contributed by atoms with Crippen LogP contribution in [-0.4, -0.2) is 34.6 Å². The van der Waals surface area contributed by atoms with Gasteiger partial charge in [0.2, 0.25) is 6.04 Å². The Morgan fingerprint density at radius 3 is 2.52 bits per heavy atom. The van der Waals surface area contributed by atoms with Gasteiger partial charge in [-0.3, -0.25) is 0 Å². The van der Waals surface area contributed by atoms with E-state index >= 15 is 0 Å². The highest BCUT2D eigenvalue weighted by Crippen LogP contribution is 2.61. The average Bonchev–Trinajstić information content (AvgIpc) is 3.78. The Bertz CT molecular complexity index is 1980. The van der Waals surface area contributed by atoms with Crippen molar-refractivity contribution in [2.45, 2.75) is 125 Å². The van der Waals surface area contributed by atoms with Crippen LogP contribution in [0.5, 0.6) is 0 Å². The van der Waals surface area contributed by atoms with Crippen molar-refractivity contribution in [2.24, 2.45) is 11.8 Å². The molecule has 0 N–H and O–H groups in total. The summed E-state index contributed by atoms with van der Waals surface area (Å²) >= 11 is 2.17. The monoisotopic (exact) mass is 693 g/mol. The Morgan fingerprint density at radius 1 is 0.900 bits per heavy atom. The highest BCUT2D eigenvalue weighted by molar-refractivity contribution is 8.00. The lowest BCUT2D eigenvalue weighted by Crippen LogP contribution is -2.41. The van der Waals surface area contributed by atoms with Gasteiger partial charge in [-0.25, -0.2) is 0 Å². The normalized spacial score (nSPS) is 31.2. The second-order valence-electron chi connectivity index (χ2n) is 17.5. The molecule has 6 atom stereocenters. The van der Waals surface area contributed by atoms with Crippen LogP contribution in [-0.2, 0) is 0 Å². The molecule has 256 valence electrons. The average molecular weight is 694 g/mol. The zero-order valence-corrected chi connectivity index (χ0v) is 32.3. The summed E-state index contributed by atoms with van der Waals surface area (Å²) in [5, 5.41) is 2.23. The molecular formula is C46H53N2SSi+. The van der Waals surface area contributed by atoms with Crippen LogP contribution in [0, 0.1) is 11.8 Å². The van der Waals surface area contributed by atoms with Crippen LogP contribution in [0.4, 0.5) is 0 Å². The van der Waals surface area contributed by atoms with E-state index in [4.69, 9.17) is 0 Å². The predicted molar refractivity (Wildman–Crippen MR) is 213 cm³/mol. The molecule has 10 rings (SSSR count). The van der Waals surface area contributed by atoms with Crippen molar-refractivity contribution < 1.29 is 4.58 Å². The van der Waals surface area contributed by atoms with E-state index in [0.717, 1.165) is 0 Å². The van der Waals surface area contributed by atoms with Gasteiger partial charge in [0, 0.05) is 39.8 Å². The van der Waals surface area contributed by atoms with Crippen LogP contribution in [0.2, 0.25) is 19.6 Å². The molecule has 8 aliphatic rings. The van der Waals surface area contributed by atoms with Crippen LogP contribution in [0.25, 0.3) is 11.1 Å². The van der Waals surface area contributed by atoms with E-state index in [1.165, 1.54) is 75.3 Å². The van der Waals surface area contributed by atoms with Crippen LogP contribution in [0.15, 0.2) is 112 Å². The molecular weight excluding hydrogens is 641 g/mol. The van der Waals surface area contributed by atoms with E-state index in [2.05, 4.69) is 133 Å². The standard InChI is InChI=1S/C46H53N2SSi/c1-29-25-38-33-19-11-12-20-34(33)44(48(38)28-41(29)50(2,3)4)45-37-27-36(31-17-9-6-10-18-31)42-35-21-13-14-22-40(35)49-46(42)43(37)39-26-32(23-24-47(39)45)30-15-7-5-8-16-30/h6,9-10,13-14,17-18,21-24,26-30,35,39-40,44-45H,5,7-8,11-12,15-16,19-20,25H2,1-4H3/q+1. The molecule has 0 aromatic heterocycles. The second-order valence-corrected chi connectivity index (χ2v) is 23.8. The van der Waals surface area contributed by atoms with Gasteiger partial charge in [0.05, 0.1) is 14.1 Å². The fourth-order valence-electron chi connectivity index (χ4n) is 11.4. The number of hydrogen-bond acceptors (Lipinski definition) is 2. The first-order valence-corrected chi connectivity index (χ1v) is 24.3. The van der Waals surface area contributed by atoms with Gasteiger partial charge in [-0.1, -0.05) is 107 Å². The first-order chi connectivity index (χ1) is 24.4. The molecule has 0 bridgehead atoms. The van der Waals surface area contributed by atoms with Crippen LogP contribution < -0.4 is 0 Å². The predicted octanol–water partition coefficient (Wildman–Crippen LogP) is 12.0. The molecule has 2 nitrogen and oxygen atoms in total. The highest BCUT2D eigenvalue weighted by atomic mass is 32.2. The summed E-state index contributed by atoms with van der Waals surface area (Å²) < 4.78 is 2.88. The quantitative estimate of drug-likeness (QED) is 0.232. The highest BCUT2D eigenvalue weighted by Gasteiger charge is 2.55. The summed E-state index contributed by atoms with van der Waals surface area (Å²) in [6.45, 7) is 10.2. The number of nitrogens with zero attached hydrogens (tertiary/aromatic N) is 2. The van der Waals surface area contributed by atoms with Crippen molar-refractivity contribution >= 4 is 25.5 Å². The van der Waals surface area contributed by atoms with Crippen LogP contribution >= 0.6 is 11.8 Å². The number of rotatable bonds is 4. The Labute approximate surface area is 305 Å². The summed E-state index contributed by atoms with van der Waals surface area (Å²) in [6, 6.07) is 15.1. The van der Waals surface area contributed by atoms with E-state index in [9.17, 15) is 0 Å². The van der Waals surface area contributed by atoms with Crippen molar-refractivity contribution in [3.8, 4) is 11.1 Å². The minimum absolute atomic E-state index is 0.297. The van der Waals surface area contributed by atoms with E-state index in [0.29, 0.717) is 41.1 Å². The molecule has 5 heterocycles. The minimum atomic E-state index is -1.48. The van der Waals surface area contributed by atoms with Crippen molar-refractivity contribution in [3.63, 3.8) is 0 Å². The van der Waals surface area contributed by atoms with Crippen molar-refractivity contribution in [2.75, 3.05) is 0 Å². The van der Waals surface area contributed by atoms with E-state index in [1.54, 1.807) is 49.2 Å². The second kappa shape index (κ2) is 12.0. The molecule has 50 heavy (non-hydrogen) atoms. The number of fused-ring (bicyclic) bond motifs is 8. The molecule has 1 fully saturated rings. The fraction of sp³-hybridized carbons (Fsp3) is 0.457. The number of hydrogen-bond donors (Lipinski definition) is 0. The third-order valence-electron chi connectivity index (χ3n) is 13.6. The number of benzene rings is 2. The molecule has 5 aliphatic heterocycles. The van der Waals surface area contributed by atoms with Crippen molar-refractivity contribution in [1.29, 1.82) is 0 Å². The molecule has 0 saturated heterocycles. The van der Waals surface area contributed by atoms with Gasteiger partial charge in [0.15, 0.2) is 11.9 Å². The minimum Gasteiger partial charge on any atom is -0.353 e. The molecule has 4 heteroatoms. The summed E-state index contributed by atoms with van der Waals surface area (Å²) in [5.41, 5.74) is 14.4. The van der Waals surface area contributed by atoms with Gasteiger partial charge in [0.1, 0.15) is 6.04 Å². The summed E-state index contributed by atoms with van der Waals surface area (Å²) in [4.78, 5) is 4.44. The van der Waals surface area contributed by atoms with Gasteiger partial charge in [-0.15, -0.1) is 11.8 Å². The summed E-state index contributed by atoms with van der Waals surface area (Å²) in [6.07, 6.45) is 33.4. The molecule has 3 aliphatic carbocycles. The summed E-state index contributed by atoms with van der Waals surface area (Å²) in [5.74, 6) is 1.79. The van der Waals surface area contributed by atoms with Crippen molar-refractivity contribution in [1.82, 2.24) is 4.90 Å². The molecule has 6 unspecified atom stereocenters. The molecule has 0 radical (unpaired) electrons. The molecule has 0 spiro atoms. The molecule has 0 amide bonds. The van der Waals surface area contributed by atoms with Gasteiger partial charge < -0.3 is 4.90 Å². The maximum absolute atomic E-state index is 2.88. The molecule has 2 aromatic rings. The summed E-state index contributed by atoms with van der Waals surface area (Å²) in [7, 11) is -1.48. The largest absolute Gasteiger partial charge is 0.353 e. The number of thioether (sulfide) groups is 1. The lowest BCUT2D eigenvalue weighted by Gasteiger charge is -2.36. The topological polar surface area (TPSA) is 6.25 Å². The van der Waals surface area contributed by atoms with Gasteiger partial charge in [-0.2, -0.15) is 4.58 Å². The molecule has 2 aromatic carbocycles. The Balaban J connectivity index is 1.21. The van der Waals surface area contributed by atoms with Crippen LogP contribution in [0.3, 0.4) is 0 Å². The smallest absolute Gasteiger partial charge is 0.204 e. The first kappa shape index (κ1) is 31.6. The van der Waals surface area contributed by atoms with Gasteiger partial charge in [0.25, 0.3) is 0 Å². The SMILES string of the molecule is CC1CC2=[N+](C=C1[Si](C)(C)C)C(C1c3cc(-c4ccccc4)c4c(c3C3C=C(C5CCCCC5)C=CN31)SC1C=CC=CC41)C1=C2CCCC1. The third kappa shape index (κ3) is 4.83. The maximum atomic E-state index is 2.88. The Hall–Kier alpha value is -3.08. The lowest BCUT2D eigenvalue weighted by molar-refractivity contribution is -0.498. The molecule has 1 saturated carbocycles. The maximum Gasteiger partial charge on any atom is 0.204 e. The van der Waals surface area contributed by atoms with Crippen molar-refractivity contribution in [3.05, 3.63) is 124 Å². The Morgan fingerprint density at radius 2 is 1.70 bits per heavy atom. The fourth-order valence-corrected chi connectivity index (χ4v) is 15.0. The van der Waals surface area contributed by atoms with E-state index in [-0.39, 0.29) is 0 Å².